The van der Waals surface area contributed by atoms with Crippen LogP contribution in [0.25, 0.3) is 0 Å². The number of nitro groups is 2. The number of hydrogen-bond donors (Lipinski definition) is 0. The van der Waals surface area contributed by atoms with Crippen LogP contribution in [0.4, 0.5) is 28.9 Å². The van der Waals surface area contributed by atoms with Gasteiger partial charge in [-0.1, -0.05) is 0 Å². The fourth-order valence-corrected chi connectivity index (χ4v) is 1.34. The lowest BCUT2D eigenvalue weighted by atomic mass is 10.1. The summed E-state index contributed by atoms with van der Waals surface area (Å²) in [5.74, 6) is -1.17. The maximum absolute atomic E-state index is 12.7. The highest BCUT2D eigenvalue weighted by Crippen LogP contribution is 2.40. The molecule has 1 atom stereocenters. The molecule has 110 valence electrons. The molecule has 0 spiro atoms. The van der Waals surface area contributed by atoms with E-state index in [2.05, 4.69) is 4.74 Å². The van der Waals surface area contributed by atoms with Gasteiger partial charge in [0.15, 0.2) is 0 Å². The standard InChI is InChI=1S/C9H6F4N2O5/c1-4-2-3-5(20-8(10)9(11,12)13)7(15(18)19)6(4)14(16)17/h2-3,8H,1H3. The molecule has 1 unspecified atom stereocenters. The molecule has 0 radical (unpaired) electrons. The van der Waals surface area contributed by atoms with Gasteiger partial charge in [0.05, 0.1) is 9.85 Å². The van der Waals surface area contributed by atoms with Crippen molar-refractivity contribution in [1.82, 2.24) is 0 Å². The van der Waals surface area contributed by atoms with Crippen LogP contribution in [-0.2, 0) is 0 Å². The zero-order valence-corrected chi connectivity index (χ0v) is 9.68. The van der Waals surface area contributed by atoms with E-state index in [-0.39, 0.29) is 5.56 Å². The van der Waals surface area contributed by atoms with Gasteiger partial charge in [-0.05, 0) is 19.1 Å². The number of nitrogens with zero attached hydrogens (tertiary/aromatic N) is 2. The number of rotatable bonds is 4. The molecule has 1 aromatic carbocycles. The zero-order chi connectivity index (χ0) is 15.7. The van der Waals surface area contributed by atoms with Crippen LogP contribution in [0.1, 0.15) is 5.56 Å². The van der Waals surface area contributed by atoms with Gasteiger partial charge in [0.1, 0.15) is 0 Å². The molecule has 0 heterocycles. The van der Waals surface area contributed by atoms with Crippen molar-refractivity contribution in [2.24, 2.45) is 0 Å². The number of alkyl halides is 4. The second kappa shape index (κ2) is 5.27. The van der Waals surface area contributed by atoms with E-state index in [0.29, 0.717) is 6.07 Å². The normalized spacial score (nSPS) is 12.8. The average molecular weight is 298 g/mol. The SMILES string of the molecule is Cc1ccc(OC(F)C(F)(F)F)c([N+](=O)[O-])c1[N+](=O)[O-]. The smallest absolute Gasteiger partial charge is 0.444 e. The third-order valence-corrected chi connectivity index (χ3v) is 2.17. The molecule has 0 fully saturated rings. The first-order valence-electron chi connectivity index (χ1n) is 4.85. The predicted molar refractivity (Wildman–Crippen MR) is 56.1 cm³/mol. The molecular formula is C9H6F4N2O5. The quantitative estimate of drug-likeness (QED) is 0.483. The van der Waals surface area contributed by atoms with Gasteiger partial charge < -0.3 is 4.74 Å². The van der Waals surface area contributed by atoms with Gasteiger partial charge in [0, 0.05) is 5.56 Å². The summed E-state index contributed by atoms with van der Waals surface area (Å²) in [5.41, 5.74) is -2.56. The Labute approximate surface area is 108 Å². The summed E-state index contributed by atoms with van der Waals surface area (Å²) in [4.78, 5) is 19.0. The van der Waals surface area contributed by atoms with Crippen molar-refractivity contribution >= 4 is 11.4 Å². The van der Waals surface area contributed by atoms with E-state index >= 15 is 0 Å². The molecule has 0 aliphatic carbocycles. The fraction of sp³-hybridized carbons (Fsp3) is 0.333. The van der Waals surface area contributed by atoms with Crippen LogP contribution in [0, 0.1) is 27.2 Å². The highest BCUT2D eigenvalue weighted by molar-refractivity contribution is 5.65. The molecule has 0 N–H and O–H groups in total. The van der Waals surface area contributed by atoms with Gasteiger partial charge in [-0.25, -0.2) is 0 Å². The zero-order valence-electron chi connectivity index (χ0n) is 9.68. The third kappa shape index (κ3) is 3.10. The van der Waals surface area contributed by atoms with E-state index in [1.807, 2.05) is 0 Å². The Balaban J connectivity index is 3.38. The number of aryl methyl sites for hydroxylation is 1. The second-order valence-electron chi connectivity index (χ2n) is 3.57. The van der Waals surface area contributed by atoms with Crippen LogP contribution in [0.5, 0.6) is 5.75 Å². The van der Waals surface area contributed by atoms with Crippen molar-refractivity contribution in [3.05, 3.63) is 37.9 Å². The predicted octanol–water partition coefficient (Wildman–Crippen LogP) is 3.05. The summed E-state index contributed by atoms with van der Waals surface area (Å²) in [6.45, 7) is 1.14. The maximum Gasteiger partial charge on any atom is 0.457 e. The van der Waals surface area contributed by atoms with Crippen molar-refractivity contribution in [3.63, 3.8) is 0 Å². The fourth-order valence-electron chi connectivity index (χ4n) is 1.34. The third-order valence-electron chi connectivity index (χ3n) is 2.17. The largest absolute Gasteiger partial charge is 0.457 e. The van der Waals surface area contributed by atoms with Crippen LogP contribution >= 0.6 is 0 Å². The molecule has 7 nitrogen and oxygen atoms in total. The molecule has 0 saturated heterocycles. The number of hydrogen-bond acceptors (Lipinski definition) is 5. The van der Waals surface area contributed by atoms with E-state index in [0.717, 1.165) is 13.0 Å². The highest BCUT2D eigenvalue weighted by atomic mass is 19.4. The van der Waals surface area contributed by atoms with Crippen molar-refractivity contribution in [1.29, 1.82) is 0 Å². The molecule has 0 saturated carbocycles. The minimum absolute atomic E-state index is 0.170. The van der Waals surface area contributed by atoms with E-state index < -0.39 is 39.5 Å². The first-order valence-corrected chi connectivity index (χ1v) is 4.85. The summed E-state index contributed by atoms with van der Waals surface area (Å²) in [5, 5.41) is 21.5. The summed E-state index contributed by atoms with van der Waals surface area (Å²) < 4.78 is 52.5. The molecule has 11 heteroatoms. The molecule has 20 heavy (non-hydrogen) atoms. The molecule has 0 aromatic heterocycles. The highest BCUT2D eigenvalue weighted by Gasteiger charge is 2.44. The maximum atomic E-state index is 12.7. The number of halogens is 4. The first kappa shape index (κ1) is 15.6. The van der Waals surface area contributed by atoms with Crippen LogP contribution < -0.4 is 4.74 Å². The molecule has 1 aromatic rings. The van der Waals surface area contributed by atoms with E-state index in [1.54, 1.807) is 0 Å². The molecule has 0 amide bonds. The Morgan fingerprint density at radius 1 is 1.15 bits per heavy atom. The number of nitro benzene ring substituents is 2. The Morgan fingerprint density at radius 2 is 1.65 bits per heavy atom. The second-order valence-corrected chi connectivity index (χ2v) is 3.57. The van der Waals surface area contributed by atoms with Crippen molar-refractivity contribution in [3.8, 4) is 5.75 Å². The summed E-state index contributed by atoms with van der Waals surface area (Å²) >= 11 is 0. The Bertz CT molecular complexity index is 560. The molecule has 0 aliphatic heterocycles. The summed E-state index contributed by atoms with van der Waals surface area (Å²) in [7, 11) is 0. The Morgan fingerprint density at radius 3 is 2.05 bits per heavy atom. The number of benzene rings is 1. The monoisotopic (exact) mass is 298 g/mol. The number of ether oxygens (including phenoxy) is 1. The lowest BCUT2D eigenvalue weighted by Gasteiger charge is -2.14. The van der Waals surface area contributed by atoms with E-state index in [1.165, 1.54) is 0 Å². The van der Waals surface area contributed by atoms with Gasteiger partial charge in [-0.2, -0.15) is 17.6 Å². The Hall–Kier alpha value is -2.46. The Kier molecular flexibility index (Phi) is 4.11. The van der Waals surface area contributed by atoms with Gasteiger partial charge in [-0.15, -0.1) is 0 Å². The summed E-state index contributed by atoms with van der Waals surface area (Å²) in [6, 6.07) is 1.59. The van der Waals surface area contributed by atoms with Crippen molar-refractivity contribution in [2.75, 3.05) is 0 Å². The molecule has 1 rings (SSSR count). The average Bonchev–Trinajstić information content (AvgIpc) is 2.28. The lowest BCUT2D eigenvalue weighted by molar-refractivity contribution is -0.423. The van der Waals surface area contributed by atoms with Gasteiger partial charge in [0.2, 0.25) is 5.75 Å². The van der Waals surface area contributed by atoms with Crippen molar-refractivity contribution < 1.29 is 32.1 Å². The van der Waals surface area contributed by atoms with Gasteiger partial charge in [0.25, 0.3) is 0 Å². The lowest BCUT2D eigenvalue weighted by Crippen LogP contribution is -2.30. The van der Waals surface area contributed by atoms with Gasteiger partial charge >= 0.3 is 23.9 Å². The first-order chi connectivity index (χ1) is 9.05. The molecule has 0 aliphatic rings. The summed E-state index contributed by atoms with van der Waals surface area (Å²) in [6.07, 6.45) is -9.24. The minimum atomic E-state index is -5.41. The van der Waals surface area contributed by atoms with E-state index in [9.17, 15) is 37.8 Å². The molecule has 0 bridgehead atoms. The topological polar surface area (TPSA) is 95.5 Å². The minimum Gasteiger partial charge on any atom is -0.444 e. The van der Waals surface area contributed by atoms with Crippen LogP contribution in [0.3, 0.4) is 0 Å². The van der Waals surface area contributed by atoms with E-state index in [4.69, 9.17) is 0 Å². The van der Waals surface area contributed by atoms with Crippen LogP contribution in [0.2, 0.25) is 0 Å². The van der Waals surface area contributed by atoms with Gasteiger partial charge in [-0.3, -0.25) is 20.2 Å². The van der Waals surface area contributed by atoms with Crippen molar-refractivity contribution in [2.45, 2.75) is 19.5 Å². The van der Waals surface area contributed by atoms with Crippen LogP contribution in [0.15, 0.2) is 12.1 Å². The van der Waals surface area contributed by atoms with Crippen LogP contribution in [-0.4, -0.2) is 22.4 Å². The molecular weight excluding hydrogens is 292 g/mol.